The summed E-state index contributed by atoms with van der Waals surface area (Å²) < 4.78 is 24.7. The Morgan fingerprint density at radius 3 is 2.57 bits per heavy atom. The number of Topliss-reactive ketones (excluding diaryl/α,β-unsaturated/α-hetero) is 1. The fraction of sp³-hybridized carbons (Fsp3) is 0.235. The number of ether oxygens (including phenoxy) is 2. The number of rotatable bonds is 5. The smallest absolute Gasteiger partial charge is 0.163 e. The van der Waals surface area contributed by atoms with Gasteiger partial charge in [-0.25, -0.2) is 4.39 Å². The maximum atomic E-state index is 13.6. The molecular weight excluding hydrogens is 271 g/mol. The van der Waals surface area contributed by atoms with E-state index in [9.17, 15) is 9.18 Å². The molecule has 110 valence electrons. The molecule has 0 amide bonds. The Bertz CT molecular complexity index is 665. The molecule has 4 heteroatoms. The highest BCUT2D eigenvalue weighted by atomic mass is 19.1. The topological polar surface area (TPSA) is 35.5 Å². The quantitative estimate of drug-likeness (QED) is 0.758. The van der Waals surface area contributed by atoms with Gasteiger partial charge in [-0.05, 0) is 50.6 Å². The first-order valence-electron chi connectivity index (χ1n) is 6.73. The second kappa shape index (κ2) is 6.39. The summed E-state index contributed by atoms with van der Waals surface area (Å²) in [5, 5.41) is 0. The van der Waals surface area contributed by atoms with Gasteiger partial charge in [-0.2, -0.15) is 0 Å². The Morgan fingerprint density at radius 2 is 1.90 bits per heavy atom. The van der Waals surface area contributed by atoms with Gasteiger partial charge >= 0.3 is 0 Å². The van der Waals surface area contributed by atoms with E-state index < -0.39 is 5.82 Å². The summed E-state index contributed by atoms with van der Waals surface area (Å²) in [6.07, 6.45) is 0. The molecule has 0 unspecified atom stereocenters. The number of hydrogen-bond acceptors (Lipinski definition) is 3. The summed E-state index contributed by atoms with van der Waals surface area (Å²) in [5.74, 6) is 0.892. The van der Waals surface area contributed by atoms with Crippen LogP contribution < -0.4 is 9.47 Å². The van der Waals surface area contributed by atoms with E-state index in [2.05, 4.69) is 0 Å². The van der Waals surface area contributed by atoms with E-state index in [1.54, 1.807) is 25.1 Å². The minimum Gasteiger partial charge on any atom is -0.494 e. The van der Waals surface area contributed by atoms with Crippen molar-refractivity contribution >= 4 is 5.78 Å². The number of benzene rings is 2. The van der Waals surface area contributed by atoms with Crippen LogP contribution in [0.15, 0.2) is 36.4 Å². The number of carbonyl (C=O) groups is 1. The lowest BCUT2D eigenvalue weighted by atomic mass is 10.1. The van der Waals surface area contributed by atoms with Crippen molar-refractivity contribution in [3.05, 3.63) is 53.3 Å². The molecule has 2 aromatic rings. The van der Waals surface area contributed by atoms with Crippen molar-refractivity contribution in [2.24, 2.45) is 0 Å². The summed E-state index contributed by atoms with van der Waals surface area (Å²) in [6, 6.07) is 9.83. The molecule has 21 heavy (non-hydrogen) atoms. The molecule has 0 radical (unpaired) electrons. The van der Waals surface area contributed by atoms with Gasteiger partial charge < -0.3 is 9.47 Å². The highest BCUT2D eigenvalue weighted by Gasteiger charge is 2.13. The molecule has 0 aromatic heterocycles. The lowest BCUT2D eigenvalue weighted by Crippen LogP contribution is -2.00. The molecule has 0 aliphatic rings. The van der Waals surface area contributed by atoms with Crippen LogP contribution in [-0.4, -0.2) is 12.4 Å². The van der Waals surface area contributed by atoms with E-state index in [4.69, 9.17) is 9.47 Å². The molecule has 3 nitrogen and oxygen atoms in total. The molecule has 0 saturated carbocycles. The van der Waals surface area contributed by atoms with Gasteiger partial charge in [-0.1, -0.05) is 6.07 Å². The van der Waals surface area contributed by atoms with Crippen molar-refractivity contribution < 1.29 is 18.7 Å². The lowest BCUT2D eigenvalue weighted by Gasteiger charge is -2.12. The van der Waals surface area contributed by atoms with Crippen molar-refractivity contribution in [1.29, 1.82) is 0 Å². The van der Waals surface area contributed by atoms with Gasteiger partial charge in [0.25, 0.3) is 0 Å². The molecule has 0 N–H and O–H groups in total. The fourth-order valence-corrected chi connectivity index (χ4v) is 1.94. The van der Waals surface area contributed by atoms with Crippen LogP contribution in [0.5, 0.6) is 17.2 Å². The summed E-state index contributed by atoms with van der Waals surface area (Å²) in [4.78, 5) is 11.6. The zero-order valence-electron chi connectivity index (χ0n) is 12.3. The van der Waals surface area contributed by atoms with Crippen molar-refractivity contribution in [3.8, 4) is 17.2 Å². The van der Waals surface area contributed by atoms with Crippen molar-refractivity contribution in [1.82, 2.24) is 0 Å². The monoisotopic (exact) mass is 288 g/mol. The predicted octanol–water partition coefficient (Wildman–Crippen LogP) is 4.53. The standard InChI is InChI=1S/C17H17FO3/c1-4-20-13-6-5-7-14(9-13)21-17-8-11(2)16(18)10-15(17)12(3)19/h5-10H,4H2,1-3H3. The molecule has 2 rings (SSSR count). The van der Waals surface area contributed by atoms with Crippen molar-refractivity contribution in [2.45, 2.75) is 20.8 Å². The van der Waals surface area contributed by atoms with E-state index in [1.807, 2.05) is 13.0 Å². The molecule has 0 saturated heterocycles. The first kappa shape index (κ1) is 15.0. The van der Waals surface area contributed by atoms with Gasteiger partial charge in [0.1, 0.15) is 23.1 Å². The maximum absolute atomic E-state index is 13.6. The molecular formula is C17H17FO3. The van der Waals surface area contributed by atoms with Crippen LogP contribution >= 0.6 is 0 Å². The molecule has 2 aromatic carbocycles. The zero-order valence-corrected chi connectivity index (χ0v) is 12.3. The summed E-state index contributed by atoms with van der Waals surface area (Å²) in [7, 11) is 0. The third kappa shape index (κ3) is 3.60. The summed E-state index contributed by atoms with van der Waals surface area (Å²) in [6.45, 7) is 5.46. The van der Waals surface area contributed by atoms with Crippen molar-refractivity contribution in [3.63, 3.8) is 0 Å². The van der Waals surface area contributed by atoms with Gasteiger partial charge in [-0.15, -0.1) is 0 Å². The molecule has 0 bridgehead atoms. The fourth-order valence-electron chi connectivity index (χ4n) is 1.94. The minimum atomic E-state index is -0.421. The number of carbonyl (C=O) groups excluding carboxylic acids is 1. The summed E-state index contributed by atoms with van der Waals surface area (Å²) >= 11 is 0. The summed E-state index contributed by atoms with van der Waals surface area (Å²) in [5.41, 5.74) is 0.649. The average molecular weight is 288 g/mol. The zero-order chi connectivity index (χ0) is 15.4. The van der Waals surface area contributed by atoms with Crippen LogP contribution in [0, 0.1) is 12.7 Å². The Balaban J connectivity index is 2.36. The lowest BCUT2D eigenvalue weighted by molar-refractivity contribution is 0.101. The van der Waals surface area contributed by atoms with E-state index >= 15 is 0 Å². The van der Waals surface area contributed by atoms with Gasteiger partial charge in [0.2, 0.25) is 0 Å². The van der Waals surface area contributed by atoms with Crippen LogP contribution in [0.25, 0.3) is 0 Å². The highest BCUT2D eigenvalue weighted by molar-refractivity contribution is 5.97. The first-order valence-corrected chi connectivity index (χ1v) is 6.73. The second-order valence-corrected chi connectivity index (χ2v) is 4.66. The number of ketones is 1. The molecule has 0 aliphatic heterocycles. The molecule has 0 fully saturated rings. The minimum absolute atomic E-state index is 0.222. The average Bonchev–Trinajstić information content (AvgIpc) is 2.43. The van der Waals surface area contributed by atoms with E-state index in [0.717, 1.165) is 0 Å². The molecule has 0 spiro atoms. The van der Waals surface area contributed by atoms with E-state index in [-0.39, 0.29) is 11.3 Å². The number of hydrogen-bond donors (Lipinski definition) is 0. The van der Waals surface area contributed by atoms with Gasteiger partial charge in [-0.3, -0.25) is 4.79 Å². The van der Waals surface area contributed by atoms with Gasteiger partial charge in [0, 0.05) is 6.07 Å². The normalized spacial score (nSPS) is 10.3. The van der Waals surface area contributed by atoms with Crippen LogP contribution in [-0.2, 0) is 0 Å². The van der Waals surface area contributed by atoms with Crippen LogP contribution in [0.2, 0.25) is 0 Å². The predicted molar refractivity (Wildman–Crippen MR) is 78.8 cm³/mol. The Labute approximate surface area is 123 Å². The Kier molecular flexibility index (Phi) is 4.58. The van der Waals surface area contributed by atoms with Crippen molar-refractivity contribution in [2.75, 3.05) is 6.61 Å². The van der Waals surface area contributed by atoms with E-state index in [0.29, 0.717) is 29.4 Å². The van der Waals surface area contributed by atoms with Crippen LogP contribution in [0.3, 0.4) is 0 Å². The van der Waals surface area contributed by atoms with Crippen LogP contribution in [0.4, 0.5) is 4.39 Å². The third-order valence-electron chi connectivity index (χ3n) is 2.98. The first-order chi connectivity index (χ1) is 10.0. The van der Waals surface area contributed by atoms with E-state index in [1.165, 1.54) is 19.1 Å². The number of aryl methyl sites for hydroxylation is 1. The largest absolute Gasteiger partial charge is 0.494 e. The third-order valence-corrected chi connectivity index (χ3v) is 2.98. The highest BCUT2D eigenvalue weighted by Crippen LogP contribution is 2.30. The van der Waals surface area contributed by atoms with Gasteiger partial charge in [0.05, 0.1) is 12.2 Å². The number of halogens is 1. The second-order valence-electron chi connectivity index (χ2n) is 4.66. The Hall–Kier alpha value is -2.36. The maximum Gasteiger partial charge on any atom is 0.163 e. The molecule has 0 aliphatic carbocycles. The van der Waals surface area contributed by atoms with Gasteiger partial charge in [0.15, 0.2) is 5.78 Å². The van der Waals surface area contributed by atoms with Crippen LogP contribution in [0.1, 0.15) is 29.8 Å². The Morgan fingerprint density at radius 1 is 1.19 bits per heavy atom. The SMILES string of the molecule is CCOc1cccc(Oc2cc(C)c(F)cc2C(C)=O)c1. The molecule has 0 atom stereocenters. The molecule has 0 heterocycles.